The summed E-state index contributed by atoms with van der Waals surface area (Å²) in [6, 6.07) is 9.46. The highest BCUT2D eigenvalue weighted by Gasteiger charge is 2.28. The van der Waals surface area contributed by atoms with Gasteiger partial charge in [0.15, 0.2) is 0 Å². The number of aromatic amines is 1. The Morgan fingerprint density at radius 3 is 2.87 bits per heavy atom. The first-order valence-electron chi connectivity index (χ1n) is 12.7. The fourth-order valence-electron chi connectivity index (χ4n) is 5.16. The molecule has 1 aliphatic carbocycles. The molecule has 6 rings (SSSR count). The Hall–Kier alpha value is -4.05. The maximum Gasteiger partial charge on any atom is 0.253 e. The van der Waals surface area contributed by atoms with E-state index in [1.807, 2.05) is 48.4 Å². The number of nitrogens with zero attached hydrogens (tertiary/aromatic N) is 4. The first kappa shape index (κ1) is 24.3. The third-order valence-electron chi connectivity index (χ3n) is 7.24. The summed E-state index contributed by atoms with van der Waals surface area (Å²) in [7, 11) is 8.05. The topological polar surface area (TPSA) is 98.3 Å². The Balaban J connectivity index is 1.24. The fourth-order valence-corrected chi connectivity index (χ4v) is 5.16. The van der Waals surface area contributed by atoms with Crippen molar-refractivity contribution >= 4 is 36.7 Å². The van der Waals surface area contributed by atoms with Crippen LogP contribution in [0.3, 0.4) is 0 Å². The standard InChI is InChI=1S/C28H27BFN7O/c1-31-19-10-11-37(15-19)27(38)16-6-8-18(9-7-16)34-28-33-14-17-13-32-25(20-4-2-3-5-22(20)30)26-21(24(17)36-28)12-23(29)35-26/h2-4,6-9,12,14,19,22,31,35H,5,10-11,13,15H2,1H3,(H,33,34,36). The summed E-state index contributed by atoms with van der Waals surface area (Å²) >= 11 is 0. The largest absolute Gasteiger partial charge is 0.366 e. The number of alkyl halides is 1. The molecule has 3 N–H and O–H groups in total. The number of likely N-dealkylation sites (N-methyl/N-ethyl adjacent to an activating group) is 1. The zero-order valence-electron chi connectivity index (χ0n) is 21.0. The molecule has 8 nitrogen and oxygen atoms in total. The van der Waals surface area contributed by atoms with E-state index >= 15 is 0 Å². The number of anilines is 2. The maximum absolute atomic E-state index is 14.8. The van der Waals surface area contributed by atoms with Gasteiger partial charge in [-0.15, -0.1) is 0 Å². The monoisotopic (exact) mass is 507 g/mol. The van der Waals surface area contributed by atoms with Crippen molar-refractivity contribution in [2.24, 2.45) is 4.99 Å². The van der Waals surface area contributed by atoms with Crippen LogP contribution in [0, 0.1) is 0 Å². The van der Waals surface area contributed by atoms with Gasteiger partial charge in [-0.25, -0.2) is 14.4 Å². The number of allylic oxidation sites excluding steroid dienone is 4. The lowest BCUT2D eigenvalue weighted by molar-refractivity contribution is 0.0789. The van der Waals surface area contributed by atoms with Crippen molar-refractivity contribution in [1.29, 1.82) is 0 Å². The first-order chi connectivity index (χ1) is 18.5. The number of carbonyl (C=O) groups is 1. The summed E-state index contributed by atoms with van der Waals surface area (Å²) in [5, 5.41) is 6.46. The van der Waals surface area contributed by atoms with Gasteiger partial charge in [0, 0.05) is 59.7 Å². The van der Waals surface area contributed by atoms with Crippen LogP contribution in [0.2, 0.25) is 0 Å². The lowest BCUT2D eigenvalue weighted by Crippen LogP contribution is -2.33. The molecular weight excluding hydrogens is 480 g/mol. The molecule has 2 aromatic heterocycles. The number of H-pyrrole nitrogens is 1. The number of rotatable bonds is 5. The van der Waals surface area contributed by atoms with Crippen molar-refractivity contribution in [2.75, 3.05) is 25.5 Å². The molecule has 3 aliphatic rings. The van der Waals surface area contributed by atoms with Crippen LogP contribution in [-0.2, 0) is 6.54 Å². The molecule has 0 spiro atoms. The molecule has 190 valence electrons. The molecule has 2 unspecified atom stereocenters. The number of hydrogen-bond acceptors (Lipinski definition) is 6. The summed E-state index contributed by atoms with van der Waals surface area (Å²) in [5.74, 6) is 0.430. The minimum Gasteiger partial charge on any atom is -0.366 e. The molecule has 2 atom stereocenters. The average Bonchev–Trinajstić information content (AvgIpc) is 3.54. The number of aromatic nitrogens is 3. The van der Waals surface area contributed by atoms with Gasteiger partial charge in [0.1, 0.15) is 14.0 Å². The van der Waals surface area contributed by atoms with Gasteiger partial charge in [-0.1, -0.05) is 18.2 Å². The Kier molecular flexibility index (Phi) is 6.41. The quantitative estimate of drug-likeness (QED) is 0.462. The molecule has 2 aliphatic heterocycles. The van der Waals surface area contributed by atoms with E-state index in [9.17, 15) is 9.18 Å². The number of amides is 1. The third kappa shape index (κ3) is 4.56. The minimum absolute atomic E-state index is 0.0306. The van der Waals surface area contributed by atoms with Crippen LogP contribution in [0.5, 0.6) is 0 Å². The molecule has 4 heterocycles. The van der Waals surface area contributed by atoms with E-state index in [-0.39, 0.29) is 5.91 Å². The number of hydrogen-bond donors (Lipinski definition) is 3. The van der Waals surface area contributed by atoms with E-state index in [1.54, 1.807) is 18.3 Å². The SMILES string of the molecule is [B]c1cc2c([nH]1)C(C1=CC=CCC1F)=NCc1cnc(Nc3ccc(C(=O)N4CCC(NC)C4)cc3)nc1-2. The zero-order chi connectivity index (χ0) is 26.2. The van der Waals surface area contributed by atoms with Crippen LogP contribution in [0.25, 0.3) is 11.3 Å². The second kappa shape index (κ2) is 10.0. The van der Waals surface area contributed by atoms with Crippen LogP contribution >= 0.6 is 0 Å². The molecule has 0 bridgehead atoms. The van der Waals surface area contributed by atoms with Crippen LogP contribution in [0.4, 0.5) is 16.0 Å². The average molecular weight is 507 g/mol. The Labute approximate surface area is 221 Å². The highest BCUT2D eigenvalue weighted by molar-refractivity contribution is 6.32. The number of aliphatic imine (C=N–C) groups is 1. The summed E-state index contributed by atoms with van der Waals surface area (Å²) in [6.07, 6.45) is 7.29. The highest BCUT2D eigenvalue weighted by atomic mass is 19.1. The second-order valence-corrected chi connectivity index (χ2v) is 9.73. The number of halogens is 1. The van der Waals surface area contributed by atoms with Gasteiger partial charge in [-0.05, 0) is 49.4 Å². The van der Waals surface area contributed by atoms with E-state index in [2.05, 4.69) is 20.6 Å². The van der Waals surface area contributed by atoms with Crippen molar-refractivity contribution in [3.63, 3.8) is 0 Å². The lowest BCUT2D eigenvalue weighted by atomic mass is 9.94. The predicted octanol–water partition coefficient (Wildman–Crippen LogP) is 2.97. The van der Waals surface area contributed by atoms with Crippen LogP contribution in [0.15, 0.2) is 65.3 Å². The van der Waals surface area contributed by atoms with E-state index in [4.69, 9.17) is 17.8 Å². The van der Waals surface area contributed by atoms with Gasteiger partial charge in [0.2, 0.25) is 5.95 Å². The molecule has 38 heavy (non-hydrogen) atoms. The number of fused-ring (bicyclic) bond motifs is 3. The zero-order valence-corrected chi connectivity index (χ0v) is 21.0. The van der Waals surface area contributed by atoms with Gasteiger partial charge in [0.05, 0.1) is 23.6 Å². The maximum atomic E-state index is 14.8. The van der Waals surface area contributed by atoms with Gasteiger partial charge in [0.25, 0.3) is 5.91 Å². The Morgan fingerprint density at radius 1 is 1.26 bits per heavy atom. The van der Waals surface area contributed by atoms with Crippen molar-refractivity contribution in [3.8, 4) is 11.3 Å². The van der Waals surface area contributed by atoms with Crippen LogP contribution in [-0.4, -0.2) is 71.7 Å². The van der Waals surface area contributed by atoms with Crippen molar-refractivity contribution < 1.29 is 9.18 Å². The van der Waals surface area contributed by atoms with Crippen molar-refractivity contribution in [2.45, 2.75) is 31.6 Å². The molecule has 3 aromatic rings. The molecule has 2 radical (unpaired) electrons. The molecule has 10 heteroatoms. The predicted molar refractivity (Wildman–Crippen MR) is 147 cm³/mol. The normalized spacial score (nSPS) is 20.3. The van der Waals surface area contributed by atoms with E-state index in [0.717, 1.165) is 36.3 Å². The lowest BCUT2D eigenvalue weighted by Gasteiger charge is -2.17. The molecule has 1 aromatic carbocycles. The summed E-state index contributed by atoms with van der Waals surface area (Å²) in [6.45, 7) is 1.79. The summed E-state index contributed by atoms with van der Waals surface area (Å²) < 4.78 is 14.8. The highest BCUT2D eigenvalue weighted by Crippen LogP contribution is 2.33. The first-order valence-corrected chi connectivity index (χ1v) is 12.7. The van der Waals surface area contributed by atoms with E-state index in [0.29, 0.717) is 58.8 Å². The van der Waals surface area contributed by atoms with Gasteiger partial charge in [-0.3, -0.25) is 9.79 Å². The molecule has 1 amide bonds. The minimum atomic E-state index is -1.13. The summed E-state index contributed by atoms with van der Waals surface area (Å²) in [5.41, 5.74) is 5.85. The van der Waals surface area contributed by atoms with Crippen LogP contribution < -0.4 is 16.2 Å². The molecule has 1 fully saturated rings. The number of likely N-dealkylation sites (tertiary alicyclic amines) is 1. The van der Waals surface area contributed by atoms with Crippen molar-refractivity contribution in [1.82, 2.24) is 25.2 Å². The number of nitrogens with one attached hydrogen (secondary N) is 3. The van der Waals surface area contributed by atoms with E-state index in [1.165, 1.54) is 0 Å². The Morgan fingerprint density at radius 2 is 2.11 bits per heavy atom. The van der Waals surface area contributed by atoms with Crippen LogP contribution in [0.1, 0.15) is 34.5 Å². The number of carbonyl (C=O) groups excluding carboxylic acids is 1. The van der Waals surface area contributed by atoms with Gasteiger partial charge >= 0.3 is 0 Å². The second-order valence-electron chi connectivity index (χ2n) is 9.73. The molecule has 1 saturated heterocycles. The summed E-state index contributed by atoms with van der Waals surface area (Å²) in [4.78, 5) is 31.9. The molecular formula is C28H27BFN7O. The van der Waals surface area contributed by atoms with Gasteiger partial charge < -0.3 is 20.5 Å². The third-order valence-corrected chi connectivity index (χ3v) is 7.24. The Bertz CT molecular complexity index is 1480. The fraction of sp³-hybridized carbons (Fsp3) is 0.286. The smallest absolute Gasteiger partial charge is 0.253 e. The molecule has 0 saturated carbocycles. The van der Waals surface area contributed by atoms with E-state index < -0.39 is 6.17 Å². The van der Waals surface area contributed by atoms with Crippen molar-refractivity contribution in [3.05, 3.63) is 77.2 Å². The number of benzene rings is 1. The van der Waals surface area contributed by atoms with Gasteiger partial charge in [-0.2, -0.15) is 0 Å².